The standard InChI is InChI=1S/C14H13N5O/c15-8-11-7-10(5-6-16-11)9-19-14(20)12-3-1-2-4-13(12)17-18-19/h1-7H,8-9,15H2. The maximum atomic E-state index is 12.3. The molecular formula is C14H13N5O. The number of fused-ring (bicyclic) bond motifs is 1. The third-order valence-corrected chi connectivity index (χ3v) is 3.05. The van der Waals surface area contributed by atoms with Crippen LogP contribution in [0.5, 0.6) is 0 Å². The monoisotopic (exact) mass is 267 g/mol. The van der Waals surface area contributed by atoms with Gasteiger partial charge in [-0.25, -0.2) is 4.68 Å². The van der Waals surface area contributed by atoms with Gasteiger partial charge in [0.25, 0.3) is 5.56 Å². The van der Waals surface area contributed by atoms with Gasteiger partial charge in [0.1, 0.15) is 5.52 Å². The predicted molar refractivity (Wildman–Crippen MR) is 75.0 cm³/mol. The number of aromatic nitrogens is 4. The number of hydrogen-bond donors (Lipinski definition) is 1. The molecule has 6 nitrogen and oxygen atoms in total. The SMILES string of the molecule is NCc1cc(Cn2nnc3ccccc3c2=O)ccn1. The second-order valence-electron chi connectivity index (χ2n) is 4.43. The van der Waals surface area contributed by atoms with Crippen molar-refractivity contribution in [2.45, 2.75) is 13.1 Å². The van der Waals surface area contributed by atoms with E-state index < -0.39 is 0 Å². The molecule has 0 amide bonds. The molecule has 2 N–H and O–H groups in total. The second kappa shape index (κ2) is 5.18. The van der Waals surface area contributed by atoms with Crippen LogP contribution in [0.25, 0.3) is 10.9 Å². The van der Waals surface area contributed by atoms with Crippen molar-refractivity contribution in [3.63, 3.8) is 0 Å². The summed E-state index contributed by atoms with van der Waals surface area (Å²) in [4.78, 5) is 16.4. The van der Waals surface area contributed by atoms with Gasteiger partial charge in [-0.2, -0.15) is 0 Å². The molecule has 0 aliphatic rings. The third kappa shape index (κ3) is 2.28. The van der Waals surface area contributed by atoms with Crippen LogP contribution in [0.2, 0.25) is 0 Å². The van der Waals surface area contributed by atoms with Crippen LogP contribution in [0.1, 0.15) is 11.3 Å². The maximum Gasteiger partial charge on any atom is 0.277 e. The average Bonchev–Trinajstić information content (AvgIpc) is 2.50. The summed E-state index contributed by atoms with van der Waals surface area (Å²) >= 11 is 0. The Labute approximate surface area is 114 Å². The van der Waals surface area contributed by atoms with Crippen LogP contribution in [0.3, 0.4) is 0 Å². The Balaban J connectivity index is 2.02. The summed E-state index contributed by atoms with van der Waals surface area (Å²) in [7, 11) is 0. The Morgan fingerprint density at radius 2 is 2.05 bits per heavy atom. The number of hydrogen-bond acceptors (Lipinski definition) is 5. The Kier molecular flexibility index (Phi) is 3.22. The lowest BCUT2D eigenvalue weighted by Gasteiger charge is -2.05. The molecule has 0 spiro atoms. The van der Waals surface area contributed by atoms with Gasteiger partial charge < -0.3 is 5.73 Å². The Bertz CT molecular complexity index is 812. The second-order valence-corrected chi connectivity index (χ2v) is 4.43. The van der Waals surface area contributed by atoms with Gasteiger partial charge in [-0.3, -0.25) is 9.78 Å². The van der Waals surface area contributed by atoms with Crippen molar-refractivity contribution in [3.8, 4) is 0 Å². The lowest BCUT2D eigenvalue weighted by molar-refractivity contribution is 0.600. The zero-order chi connectivity index (χ0) is 13.9. The van der Waals surface area contributed by atoms with Gasteiger partial charge >= 0.3 is 0 Å². The smallest absolute Gasteiger partial charge is 0.277 e. The van der Waals surface area contributed by atoms with Crippen LogP contribution < -0.4 is 11.3 Å². The van der Waals surface area contributed by atoms with Crippen molar-refractivity contribution in [3.05, 3.63) is 64.2 Å². The minimum Gasteiger partial charge on any atom is -0.325 e. The molecule has 1 aromatic carbocycles. The van der Waals surface area contributed by atoms with Crippen LogP contribution >= 0.6 is 0 Å². The van der Waals surface area contributed by atoms with Crippen molar-refractivity contribution in [1.29, 1.82) is 0 Å². The molecule has 0 fully saturated rings. The first-order chi connectivity index (χ1) is 9.78. The number of benzene rings is 1. The van der Waals surface area contributed by atoms with Crippen LogP contribution in [-0.4, -0.2) is 20.0 Å². The number of nitrogens with two attached hydrogens (primary N) is 1. The highest BCUT2D eigenvalue weighted by molar-refractivity contribution is 5.76. The van der Waals surface area contributed by atoms with E-state index in [1.807, 2.05) is 24.3 Å². The summed E-state index contributed by atoms with van der Waals surface area (Å²) in [5.74, 6) is 0. The first-order valence-corrected chi connectivity index (χ1v) is 6.24. The quantitative estimate of drug-likeness (QED) is 0.754. The molecule has 0 aliphatic heterocycles. The number of rotatable bonds is 3. The molecule has 0 saturated heterocycles. The molecule has 2 aromatic heterocycles. The molecule has 3 aromatic rings. The molecular weight excluding hydrogens is 254 g/mol. The van der Waals surface area contributed by atoms with E-state index in [1.165, 1.54) is 4.68 Å². The van der Waals surface area contributed by atoms with Gasteiger partial charge in [-0.05, 0) is 29.8 Å². The highest BCUT2D eigenvalue weighted by atomic mass is 16.1. The molecule has 100 valence electrons. The molecule has 0 saturated carbocycles. The van der Waals surface area contributed by atoms with E-state index in [0.29, 0.717) is 24.0 Å². The lowest BCUT2D eigenvalue weighted by atomic mass is 10.2. The molecule has 3 rings (SSSR count). The van der Waals surface area contributed by atoms with E-state index in [1.54, 1.807) is 18.3 Å². The summed E-state index contributed by atoms with van der Waals surface area (Å²) in [6.07, 6.45) is 1.68. The summed E-state index contributed by atoms with van der Waals surface area (Å²) < 4.78 is 1.35. The van der Waals surface area contributed by atoms with Gasteiger partial charge in [0, 0.05) is 12.7 Å². The van der Waals surface area contributed by atoms with Crippen molar-refractivity contribution in [2.75, 3.05) is 0 Å². The normalized spacial score (nSPS) is 10.8. The fraction of sp³-hybridized carbons (Fsp3) is 0.143. The topological polar surface area (TPSA) is 86.7 Å². The molecule has 20 heavy (non-hydrogen) atoms. The van der Waals surface area contributed by atoms with E-state index in [0.717, 1.165) is 11.3 Å². The molecule has 2 heterocycles. The predicted octanol–water partition coefficient (Wildman–Crippen LogP) is 0.693. The zero-order valence-electron chi connectivity index (χ0n) is 10.7. The van der Waals surface area contributed by atoms with Gasteiger partial charge in [0.05, 0.1) is 17.6 Å². The highest BCUT2D eigenvalue weighted by Crippen LogP contribution is 2.06. The van der Waals surface area contributed by atoms with Gasteiger partial charge in [0.2, 0.25) is 0 Å². The van der Waals surface area contributed by atoms with Crippen LogP contribution in [-0.2, 0) is 13.1 Å². The summed E-state index contributed by atoms with van der Waals surface area (Å²) in [5, 5.41) is 8.58. The van der Waals surface area contributed by atoms with Gasteiger partial charge in [-0.15, -0.1) is 5.10 Å². The summed E-state index contributed by atoms with van der Waals surface area (Å²) in [5.41, 5.74) is 7.71. The zero-order valence-corrected chi connectivity index (χ0v) is 10.7. The fourth-order valence-corrected chi connectivity index (χ4v) is 2.04. The number of pyridine rings is 1. The summed E-state index contributed by atoms with van der Waals surface area (Å²) in [6, 6.07) is 10.9. The molecule has 0 atom stereocenters. The average molecular weight is 267 g/mol. The molecule has 0 unspecified atom stereocenters. The van der Waals surface area contributed by atoms with Crippen LogP contribution in [0, 0.1) is 0 Å². The molecule has 0 aliphatic carbocycles. The Hall–Kier alpha value is -2.60. The van der Waals surface area contributed by atoms with Gasteiger partial charge in [-0.1, -0.05) is 17.3 Å². The maximum absolute atomic E-state index is 12.3. The Morgan fingerprint density at radius 3 is 2.90 bits per heavy atom. The third-order valence-electron chi connectivity index (χ3n) is 3.05. The van der Waals surface area contributed by atoms with Crippen LogP contribution in [0.4, 0.5) is 0 Å². The van der Waals surface area contributed by atoms with Crippen molar-refractivity contribution >= 4 is 10.9 Å². The first-order valence-electron chi connectivity index (χ1n) is 6.24. The van der Waals surface area contributed by atoms with E-state index >= 15 is 0 Å². The molecule has 0 bridgehead atoms. The fourth-order valence-electron chi connectivity index (χ4n) is 2.04. The van der Waals surface area contributed by atoms with Crippen LogP contribution in [0.15, 0.2) is 47.4 Å². The minimum atomic E-state index is -0.151. The molecule has 0 radical (unpaired) electrons. The van der Waals surface area contributed by atoms with Crippen molar-refractivity contribution in [2.24, 2.45) is 5.73 Å². The van der Waals surface area contributed by atoms with E-state index in [2.05, 4.69) is 15.3 Å². The van der Waals surface area contributed by atoms with E-state index in [-0.39, 0.29) is 5.56 Å². The van der Waals surface area contributed by atoms with Crippen molar-refractivity contribution < 1.29 is 0 Å². The minimum absolute atomic E-state index is 0.151. The Morgan fingerprint density at radius 1 is 1.20 bits per heavy atom. The molecule has 6 heteroatoms. The first kappa shape index (κ1) is 12.4. The summed E-state index contributed by atoms with van der Waals surface area (Å²) in [6.45, 7) is 0.721. The highest BCUT2D eigenvalue weighted by Gasteiger charge is 2.06. The van der Waals surface area contributed by atoms with Gasteiger partial charge in [0.15, 0.2) is 0 Å². The lowest BCUT2D eigenvalue weighted by Crippen LogP contribution is -2.24. The van der Waals surface area contributed by atoms with E-state index in [4.69, 9.17) is 5.73 Å². The van der Waals surface area contributed by atoms with E-state index in [9.17, 15) is 4.79 Å². The van der Waals surface area contributed by atoms with Crippen molar-refractivity contribution in [1.82, 2.24) is 20.0 Å². The largest absolute Gasteiger partial charge is 0.325 e. The number of nitrogens with zero attached hydrogens (tertiary/aromatic N) is 4.